The summed E-state index contributed by atoms with van der Waals surface area (Å²) in [5.41, 5.74) is 2.80. The number of aliphatic imine (C=N–C) groups is 1. The van der Waals surface area contributed by atoms with Gasteiger partial charge in [-0.1, -0.05) is 0 Å². The fraction of sp³-hybridized carbons (Fsp3) is 0.750. The molecular formula is C20H37IN6O2. The van der Waals surface area contributed by atoms with Crippen molar-refractivity contribution < 1.29 is 9.53 Å². The van der Waals surface area contributed by atoms with Crippen LogP contribution >= 0.6 is 24.0 Å². The SMILES string of the molecule is CCNC(=NCc1c(C)nn(C)c1C)NCCN(C(=O)OC(C)(C)C)C1CC1.I. The minimum atomic E-state index is -0.479. The molecule has 0 aromatic carbocycles. The molecule has 1 aliphatic carbocycles. The zero-order valence-corrected chi connectivity index (χ0v) is 21.2. The Labute approximate surface area is 191 Å². The minimum absolute atomic E-state index is 0. The topological polar surface area (TPSA) is 83.8 Å². The highest BCUT2D eigenvalue weighted by Crippen LogP contribution is 2.28. The first-order valence-corrected chi connectivity index (χ1v) is 10.1. The van der Waals surface area contributed by atoms with Crippen molar-refractivity contribution in [3.8, 4) is 0 Å². The van der Waals surface area contributed by atoms with Crippen molar-refractivity contribution in [2.24, 2.45) is 12.0 Å². The highest BCUT2D eigenvalue weighted by Gasteiger charge is 2.34. The number of carbonyl (C=O) groups excluding carboxylic acids is 1. The van der Waals surface area contributed by atoms with Gasteiger partial charge in [0.25, 0.3) is 0 Å². The lowest BCUT2D eigenvalue weighted by Crippen LogP contribution is -2.45. The monoisotopic (exact) mass is 520 g/mol. The molecule has 0 bridgehead atoms. The number of guanidine groups is 1. The molecule has 2 N–H and O–H groups in total. The van der Waals surface area contributed by atoms with E-state index < -0.39 is 5.60 Å². The van der Waals surface area contributed by atoms with Crippen LogP contribution in [0.3, 0.4) is 0 Å². The largest absolute Gasteiger partial charge is 0.444 e. The number of hydrogen-bond acceptors (Lipinski definition) is 4. The summed E-state index contributed by atoms with van der Waals surface area (Å²) >= 11 is 0. The van der Waals surface area contributed by atoms with E-state index in [4.69, 9.17) is 4.74 Å². The van der Waals surface area contributed by atoms with E-state index in [1.54, 1.807) is 0 Å². The highest BCUT2D eigenvalue weighted by atomic mass is 127. The fourth-order valence-corrected chi connectivity index (χ4v) is 2.97. The van der Waals surface area contributed by atoms with Crippen LogP contribution in [0.1, 0.15) is 57.5 Å². The summed E-state index contributed by atoms with van der Waals surface area (Å²) in [6.07, 6.45) is 1.86. The number of halogens is 1. The molecule has 1 heterocycles. The Bertz CT molecular complexity index is 707. The van der Waals surface area contributed by atoms with E-state index in [9.17, 15) is 4.79 Å². The summed E-state index contributed by atoms with van der Waals surface area (Å²) in [6.45, 7) is 14.3. The van der Waals surface area contributed by atoms with Gasteiger partial charge in [-0.15, -0.1) is 24.0 Å². The Kier molecular flexibility index (Phi) is 9.70. The summed E-state index contributed by atoms with van der Waals surface area (Å²) in [5, 5.41) is 11.0. The lowest BCUT2D eigenvalue weighted by Gasteiger charge is -2.27. The van der Waals surface area contributed by atoms with Gasteiger partial charge in [-0.05, 0) is 54.4 Å². The van der Waals surface area contributed by atoms with Gasteiger partial charge in [-0.2, -0.15) is 5.10 Å². The second kappa shape index (κ2) is 11.0. The number of rotatable bonds is 7. The fourth-order valence-electron chi connectivity index (χ4n) is 2.97. The van der Waals surface area contributed by atoms with Crippen LogP contribution < -0.4 is 10.6 Å². The Morgan fingerprint density at radius 3 is 2.45 bits per heavy atom. The second-order valence-electron chi connectivity index (χ2n) is 8.30. The van der Waals surface area contributed by atoms with Crippen LogP contribution in [-0.2, 0) is 18.3 Å². The summed E-state index contributed by atoms with van der Waals surface area (Å²) in [4.78, 5) is 19.0. The summed E-state index contributed by atoms with van der Waals surface area (Å²) in [6, 6.07) is 0.303. The Morgan fingerprint density at radius 1 is 1.31 bits per heavy atom. The van der Waals surface area contributed by atoms with Crippen molar-refractivity contribution in [3.63, 3.8) is 0 Å². The second-order valence-corrected chi connectivity index (χ2v) is 8.30. The zero-order chi connectivity index (χ0) is 20.9. The van der Waals surface area contributed by atoms with Gasteiger partial charge in [0.15, 0.2) is 5.96 Å². The maximum atomic E-state index is 12.5. The maximum Gasteiger partial charge on any atom is 0.410 e. The molecule has 1 aliphatic rings. The standard InChI is InChI=1S/C20H36N6O2.HI/c1-8-21-18(23-13-17-14(2)24-25(7)15(17)3)22-11-12-26(16-9-10-16)19(27)28-20(4,5)6;/h16H,8-13H2,1-7H3,(H2,21,22,23);1H. The molecule has 1 fully saturated rings. The maximum absolute atomic E-state index is 12.5. The predicted molar refractivity (Wildman–Crippen MR) is 127 cm³/mol. The third kappa shape index (κ3) is 8.02. The smallest absolute Gasteiger partial charge is 0.410 e. The van der Waals surface area contributed by atoms with Gasteiger partial charge in [-0.3, -0.25) is 4.68 Å². The first-order chi connectivity index (χ1) is 13.1. The molecule has 8 nitrogen and oxygen atoms in total. The summed E-state index contributed by atoms with van der Waals surface area (Å²) < 4.78 is 7.43. The predicted octanol–water partition coefficient (Wildman–Crippen LogP) is 3.11. The van der Waals surface area contributed by atoms with Crippen molar-refractivity contribution in [2.45, 2.75) is 72.6 Å². The average molecular weight is 520 g/mol. The third-order valence-corrected chi connectivity index (χ3v) is 4.66. The molecule has 1 aromatic rings. The molecular weight excluding hydrogens is 483 g/mol. The zero-order valence-electron chi connectivity index (χ0n) is 18.8. The van der Waals surface area contributed by atoms with E-state index in [1.165, 1.54) is 0 Å². The van der Waals surface area contributed by atoms with Gasteiger partial charge in [0.2, 0.25) is 0 Å². The number of nitrogens with one attached hydrogen (secondary N) is 2. The van der Waals surface area contributed by atoms with Crippen LogP contribution in [-0.4, -0.2) is 58.0 Å². The van der Waals surface area contributed by atoms with Gasteiger partial charge >= 0.3 is 6.09 Å². The first-order valence-electron chi connectivity index (χ1n) is 10.1. The lowest BCUT2D eigenvalue weighted by molar-refractivity contribution is 0.0238. The summed E-state index contributed by atoms with van der Waals surface area (Å²) in [7, 11) is 1.95. The number of hydrogen-bond donors (Lipinski definition) is 2. The van der Waals surface area contributed by atoms with E-state index in [-0.39, 0.29) is 30.1 Å². The first kappa shape index (κ1) is 25.5. The average Bonchev–Trinajstić information content (AvgIpc) is 3.37. The number of carbonyl (C=O) groups is 1. The van der Waals surface area contributed by atoms with Crippen molar-refractivity contribution in [1.29, 1.82) is 0 Å². The van der Waals surface area contributed by atoms with Gasteiger partial charge in [0, 0.05) is 44.0 Å². The Hall–Kier alpha value is -1.52. The molecule has 1 amide bonds. The van der Waals surface area contributed by atoms with E-state index in [0.717, 1.165) is 42.3 Å². The van der Waals surface area contributed by atoms with Crippen LogP contribution in [0, 0.1) is 13.8 Å². The van der Waals surface area contributed by atoms with Gasteiger partial charge < -0.3 is 20.3 Å². The van der Waals surface area contributed by atoms with E-state index in [0.29, 0.717) is 25.7 Å². The van der Waals surface area contributed by atoms with E-state index in [2.05, 4.69) is 27.6 Å². The molecule has 29 heavy (non-hydrogen) atoms. The number of amides is 1. The highest BCUT2D eigenvalue weighted by molar-refractivity contribution is 14.0. The number of aryl methyl sites for hydroxylation is 2. The minimum Gasteiger partial charge on any atom is -0.444 e. The van der Waals surface area contributed by atoms with Crippen molar-refractivity contribution in [2.75, 3.05) is 19.6 Å². The molecule has 0 unspecified atom stereocenters. The normalized spacial score (nSPS) is 14.2. The molecule has 2 rings (SSSR count). The Morgan fingerprint density at radius 2 is 1.97 bits per heavy atom. The van der Waals surface area contributed by atoms with E-state index >= 15 is 0 Å². The van der Waals surface area contributed by atoms with Crippen molar-refractivity contribution in [3.05, 3.63) is 17.0 Å². The lowest BCUT2D eigenvalue weighted by atomic mass is 10.2. The molecule has 1 saturated carbocycles. The molecule has 0 aliphatic heterocycles. The molecule has 0 atom stereocenters. The van der Waals surface area contributed by atoms with Crippen LogP contribution in [0.4, 0.5) is 4.79 Å². The van der Waals surface area contributed by atoms with Gasteiger partial charge in [0.1, 0.15) is 5.60 Å². The molecule has 9 heteroatoms. The molecule has 1 aromatic heterocycles. The molecule has 0 saturated heterocycles. The van der Waals surface area contributed by atoms with Gasteiger partial charge in [-0.25, -0.2) is 9.79 Å². The third-order valence-electron chi connectivity index (χ3n) is 4.66. The van der Waals surface area contributed by atoms with Crippen molar-refractivity contribution in [1.82, 2.24) is 25.3 Å². The van der Waals surface area contributed by atoms with Crippen LogP contribution in [0.25, 0.3) is 0 Å². The van der Waals surface area contributed by atoms with E-state index in [1.807, 2.05) is 51.2 Å². The van der Waals surface area contributed by atoms with Gasteiger partial charge in [0.05, 0.1) is 12.2 Å². The van der Waals surface area contributed by atoms with Crippen LogP contribution in [0.5, 0.6) is 0 Å². The Balaban J connectivity index is 0.00000420. The molecule has 166 valence electrons. The number of aromatic nitrogens is 2. The quantitative estimate of drug-likeness (QED) is 0.328. The molecule has 0 radical (unpaired) electrons. The number of ether oxygens (including phenoxy) is 1. The van der Waals surface area contributed by atoms with Crippen LogP contribution in [0.15, 0.2) is 4.99 Å². The number of nitrogens with zero attached hydrogens (tertiary/aromatic N) is 4. The van der Waals surface area contributed by atoms with Crippen LogP contribution in [0.2, 0.25) is 0 Å². The summed E-state index contributed by atoms with van der Waals surface area (Å²) in [5.74, 6) is 0.741. The van der Waals surface area contributed by atoms with Crippen molar-refractivity contribution >= 4 is 36.0 Å². The molecule has 0 spiro atoms.